The molecule has 106 valence electrons. The van der Waals surface area contributed by atoms with Gasteiger partial charge < -0.3 is 9.47 Å². The highest BCUT2D eigenvalue weighted by molar-refractivity contribution is 7.12. The zero-order valence-corrected chi connectivity index (χ0v) is 12.3. The summed E-state index contributed by atoms with van der Waals surface area (Å²) in [4.78, 5) is 16.7. The quantitative estimate of drug-likeness (QED) is 0.495. The number of thiophene rings is 1. The van der Waals surface area contributed by atoms with Crippen LogP contribution in [0.3, 0.4) is 0 Å². The van der Waals surface area contributed by atoms with Gasteiger partial charge in [0.2, 0.25) is 0 Å². The Morgan fingerprint density at radius 1 is 1.53 bits per heavy atom. The summed E-state index contributed by atoms with van der Waals surface area (Å²) >= 11 is 1.38. The number of nitrogens with one attached hydrogen (secondary N) is 1. The Hall–Kier alpha value is -1.40. The predicted molar refractivity (Wildman–Crippen MR) is 76.8 cm³/mol. The van der Waals surface area contributed by atoms with Crippen molar-refractivity contribution in [2.75, 3.05) is 26.9 Å². The van der Waals surface area contributed by atoms with Crippen LogP contribution in [-0.2, 0) is 9.47 Å². The van der Waals surface area contributed by atoms with Crippen LogP contribution in [0.4, 0.5) is 0 Å². The Morgan fingerprint density at radius 2 is 2.32 bits per heavy atom. The molecule has 0 spiro atoms. The van der Waals surface area contributed by atoms with Gasteiger partial charge >= 0.3 is 0 Å². The average molecular weight is 284 g/mol. The first-order valence-corrected chi connectivity index (χ1v) is 7.02. The molecule has 0 aliphatic rings. The number of amides is 1. The summed E-state index contributed by atoms with van der Waals surface area (Å²) in [6.45, 7) is 5.52. The van der Waals surface area contributed by atoms with E-state index in [-0.39, 0.29) is 11.9 Å². The van der Waals surface area contributed by atoms with Crippen LogP contribution >= 0.6 is 11.3 Å². The normalized spacial score (nSPS) is 11.7. The minimum absolute atomic E-state index is 0.199. The van der Waals surface area contributed by atoms with Gasteiger partial charge in [0, 0.05) is 7.11 Å². The Bertz CT molecular complexity index is 402. The van der Waals surface area contributed by atoms with E-state index in [0.29, 0.717) is 30.6 Å². The van der Waals surface area contributed by atoms with Gasteiger partial charge in [-0.3, -0.25) is 10.1 Å². The maximum Gasteiger partial charge on any atom is 0.291 e. The first-order chi connectivity index (χ1) is 9.13. The Labute approximate surface area is 117 Å². The fourth-order valence-corrected chi connectivity index (χ4v) is 1.79. The Morgan fingerprint density at radius 3 is 2.89 bits per heavy atom. The van der Waals surface area contributed by atoms with E-state index in [4.69, 9.17) is 9.47 Å². The highest BCUT2D eigenvalue weighted by Gasteiger charge is 2.11. The zero-order chi connectivity index (χ0) is 14.1. The second kappa shape index (κ2) is 8.66. The highest BCUT2D eigenvalue weighted by Crippen LogP contribution is 2.07. The minimum Gasteiger partial charge on any atom is -0.465 e. The van der Waals surface area contributed by atoms with Crippen molar-refractivity contribution < 1.29 is 14.3 Å². The molecule has 1 amide bonds. The monoisotopic (exact) mass is 284 g/mol. The van der Waals surface area contributed by atoms with Gasteiger partial charge in [-0.05, 0) is 17.4 Å². The van der Waals surface area contributed by atoms with E-state index in [9.17, 15) is 4.79 Å². The highest BCUT2D eigenvalue weighted by atomic mass is 32.1. The number of amidine groups is 1. The largest absolute Gasteiger partial charge is 0.465 e. The van der Waals surface area contributed by atoms with Gasteiger partial charge in [0.1, 0.15) is 0 Å². The minimum atomic E-state index is -0.199. The lowest BCUT2D eigenvalue weighted by Gasteiger charge is -2.11. The summed E-state index contributed by atoms with van der Waals surface area (Å²) < 4.78 is 10.4. The molecule has 1 N–H and O–H groups in total. The van der Waals surface area contributed by atoms with Crippen LogP contribution in [0.5, 0.6) is 0 Å². The maximum atomic E-state index is 11.9. The van der Waals surface area contributed by atoms with Crippen molar-refractivity contribution >= 4 is 23.3 Å². The lowest BCUT2D eigenvalue weighted by atomic mass is 10.2. The SMILES string of the molecule is COCCN=C(NC(=O)c1cccs1)OCC(C)C. The van der Waals surface area contributed by atoms with E-state index in [1.54, 1.807) is 13.2 Å². The molecule has 6 heteroatoms. The van der Waals surface area contributed by atoms with E-state index in [2.05, 4.69) is 10.3 Å². The van der Waals surface area contributed by atoms with Gasteiger partial charge in [-0.25, -0.2) is 4.99 Å². The van der Waals surface area contributed by atoms with Crippen molar-refractivity contribution in [1.29, 1.82) is 0 Å². The number of aliphatic imine (C=N–C) groups is 1. The van der Waals surface area contributed by atoms with Gasteiger partial charge in [-0.2, -0.15) is 0 Å². The van der Waals surface area contributed by atoms with E-state index < -0.39 is 0 Å². The molecule has 0 unspecified atom stereocenters. The van der Waals surface area contributed by atoms with E-state index >= 15 is 0 Å². The topological polar surface area (TPSA) is 59.9 Å². The molecule has 5 nitrogen and oxygen atoms in total. The van der Waals surface area contributed by atoms with Crippen LogP contribution in [0.25, 0.3) is 0 Å². The summed E-state index contributed by atoms with van der Waals surface area (Å²) in [6, 6.07) is 3.84. The number of carbonyl (C=O) groups excluding carboxylic acids is 1. The fraction of sp³-hybridized carbons (Fsp3) is 0.538. The molecule has 0 bridgehead atoms. The molecule has 1 rings (SSSR count). The molecule has 19 heavy (non-hydrogen) atoms. The summed E-state index contributed by atoms with van der Waals surface area (Å²) in [5.41, 5.74) is 0. The van der Waals surface area contributed by atoms with Crippen LogP contribution in [-0.4, -0.2) is 38.8 Å². The van der Waals surface area contributed by atoms with Crippen molar-refractivity contribution in [2.45, 2.75) is 13.8 Å². The third-order valence-corrected chi connectivity index (χ3v) is 2.94. The first-order valence-electron chi connectivity index (χ1n) is 6.14. The van der Waals surface area contributed by atoms with Gasteiger partial charge in [0.25, 0.3) is 11.9 Å². The zero-order valence-electron chi connectivity index (χ0n) is 11.5. The smallest absolute Gasteiger partial charge is 0.291 e. The van der Waals surface area contributed by atoms with E-state index in [1.807, 2.05) is 25.3 Å². The standard InChI is InChI=1S/C13H20N2O3S/c1-10(2)9-18-13(14-6-7-17-3)15-12(16)11-5-4-8-19-11/h4-5,8,10H,6-7,9H2,1-3H3,(H,14,15,16). The molecule has 0 fully saturated rings. The molecule has 0 aromatic carbocycles. The molecule has 0 aliphatic carbocycles. The van der Waals surface area contributed by atoms with Crippen molar-refractivity contribution in [2.24, 2.45) is 10.9 Å². The molecule has 0 atom stereocenters. The summed E-state index contributed by atoms with van der Waals surface area (Å²) in [5.74, 6) is 0.168. The van der Waals surface area contributed by atoms with Gasteiger partial charge in [0.15, 0.2) is 0 Å². The number of rotatable bonds is 6. The predicted octanol–water partition coefficient (Wildman–Crippen LogP) is 2.15. The number of hydrogen-bond acceptors (Lipinski definition) is 5. The number of carbonyl (C=O) groups is 1. The van der Waals surface area contributed by atoms with Gasteiger partial charge in [-0.15, -0.1) is 11.3 Å². The Kier molecular flexibility index (Phi) is 7.14. The molecular weight excluding hydrogens is 264 g/mol. The third kappa shape index (κ3) is 6.35. The second-order valence-corrected chi connectivity index (χ2v) is 5.26. The van der Waals surface area contributed by atoms with E-state index in [0.717, 1.165) is 0 Å². The lowest BCUT2D eigenvalue weighted by molar-refractivity contribution is 0.0967. The molecule has 0 saturated heterocycles. The number of ether oxygens (including phenoxy) is 2. The average Bonchev–Trinajstić information content (AvgIpc) is 2.89. The first kappa shape index (κ1) is 15.7. The molecule has 0 aliphatic heterocycles. The fourth-order valence-electron chi connectivity index (χ4n) is 1.17. The number of nitrogens with zero attached hydrogens (tertiary/aromatic N) is 1. The van der Waals surface area contributed by atoms with Crippen LogP contribution in [0.1, 0.15) is 23.5 Å². The van der Waals surface area contributed by atoms with Crippen molar-refractivity contribution in [3.8, 4) is 0 Å². The summed E-state index contributed by atoms with van der Waals surface area (Å²) in [6.07, 6.45) is 0. The number of hydrogen-bond donors (Lipinski definition) is 1. The van der Waals surface area contributed by atoms with Crippen LogP contribution in [0.2, 0.25) is 0 Å². The van der Waals surface area contributed by atoms with Crippen LogP contribution in [0, 0.1) is 5.92 Å². The lowest BCUT2D eigenvalue weighted by Crippen LogP contribution is -2.33. The molecule has 1 aromatic rings. The molecule has 0 radical (unpaired) electrons. The maximum absolute atomic E-state index is 11.9. The molecule has 1 heterocycles. The van der Waals surface area contributed by atoms with Gasteiger partial charge in [-0.1, -0.05) is 19.9 Å². The second-order valence-electron chi connectivity index (χ2n) is 4.32. The van der Waals surface area contributed by atoms with Crippen molar-refractivity contribution in [3.63, 3.8) is 0 Å². The molecule has 0 saturated carbocycles. The van der Waals surface area contributed by atoms with Crippen LogP contribution < -0.4 is 5.32 Å². The van der Waals surface area contributed by atoms with Crippen molar-refractivity contribution in [3.05, 3.63) is 22.4 Å². The van der Waals surface area contributed by atoms with E-state index in [1.165, 1.54) is 11.3 Å². The third-order valence-electron chi connectivity index (χ3n) is 2.07. The van der Waals surface area contributed by atoms with Crippen LogP contribution in [0.15, 0.2) is 22.5 Å². The molecular formula is C13H20N2O3S. The van der Waals surface area contributed by atoms with Gasteiger partial charge in [0.05, 0.1) is 24.6 Å². The summed E-state index contributed by atoms with van der Waals surface area (Å²) in [5, 5.41) is 4.53. The van der Waals surface area contributed by atoms with Crippen molar-refractivity contribution in [1.82, 2.24) is 5.32 Å². The summed E-state index contributed by atoms with van der Waals surface area (Å²) in [7, 11) is 1.61. The Balaban J connectivity index is 2.57. The molecule has 1 aromatic heterocycles. The number of methoxy groups -OCH3 is 1.